The van der Waals surface area contributed by atoms with E-state index in [0.29, 0.717) is 36.9 Å². The van der Waals surface area contributed by atoms with Crippen molar-refractivity contribution >= 4 is 32.4 Å². The second-order valence-electron chi connectivity index (χ2n) is 8.26. The van der Waals surface area contributed by atoms with Gasteiger partial charge in [-0.15, -0.1) is 11.3 Å². The summed E-state index contributed by atoms with van der Waals surface area (Å²) in [6, 6.07) is 6.21. The summed E-state index contributed by atoms with van der Waals surface area (Å²) in [7, 11) is -1.88. The molecular weight excluding hydrogens is 446 g/mol. The van der Waals surface area contributed by atoms with Crippen molar-refractivity contribution in [2.24, 2.45) is 13.0 Å². The lowest BCUT2D eigenvalue weighted by atomic mass is 9.97. The van der Waals surface area contributed by atoms with Gasteiger partial charge in [0.1, 0.15) is 5.82 Å². The molecule has 1 aliphatic heterocycles. The topological polar surface area (TPSA) is 97.2 Å². The molecule has 1 N–H and O–H groups in total. The van der Waals surface area contributed by atoms with E-state index in [1.807, 2.05) is 24.4 Å². The van der Waals surface area contributed by atoms with Crippen LogP contribution < -0.4 is 5.32 Å². The Morgan fingerprint density at radius 3 is 2.50 bits per heavy atom. The highest BCUT2D eigenvalue weighted by Crippen LogP contribution is 2.29. The number of thiazole rings is 1. The van der Waals surface area contributed by atoms with Gasteiger partial charge in [-0.05, 0) is 39.2 Å². The van der Waals surface area contributed by atoms with Gasteiger partial charge in [-0.1, -0.05) is 23.8 Å². The molecule has 1 aromatic carbocycles. The Hall–Kier alpha value is -2.56. The van der Waals surface area contributed by atoms with Gasteiger partial charge in [0.15, 0.2) is 10.2 Å². The first-order chi connectivity index (χ1) is 15.1. The number of aryl methyl sites for hydroxylation is 4. The molecule has 170 valence electrons. The number of imidazole rings is 1. The second-order valence-corrected chi connectivity index (χ2v) is 11.0. The molecule has 1 aliphatic rings. The molecule has 1 fully saturated rings. The molecule has 0 saturated carbocycles. The number of nitrogens with zero attached hydrogens (tertiary/aromatic N) is 4. The SMILES string of the molecule is Cc1ccc(-c2csc(NC(=O)C3CCN(S(=O)(=O)c4cn(C)c(C)n4)CC3)n2)c(C)c1. The third-order valence-electron chi connectivity index (χ3n) is 5.91. The van der Waals surface area contributed by atoms with Crippen molar-refractivity contribution in [3.63, 3.8) is 0 Å². The van der Waals surface area contributed by atoms with Crippen molar-refractivity contribution < 1.29 is 13.2 Å². The summed E-state index contributed by atoms with van der Waals surface area (Å²) in [5, 5.41) is 5.47. The first-order valence-corrected chi connectivity index (χ1v) is 12.8. The minimum atomic E-state index is -3.65. The largest absolute Gasteiger partial charge is 0.337 e. The number of amides is 1. The number of anilines is 1. The molecule has 0 bridgehead atoms. The summed E-state index contributed by atoms with van der Waals surface area (Å²) in [6.07, 6.45) is 2.46. The Bertz CT molecular complexity index is 1230. The van der Waals surface area contributed by atoms with Gasteiger partial charge in [-0.2, -0.15) is 4.31 Å². The zero-order valence-electron chi connectivity index (χ0n) is 18.6. The van der Waals surface area contributed by atoms with Crippen LogP contribution in [-0.2, 0) is 21.9 Å². The molecule has 0 spiro atoms. The number of carbonyl (C=O) groups excluding carboxylic acids is 1. The summed E-state index contributed by atoms with van der Waals surface area (Å²) < 4.78 is 28.8. The fourth-order valence-corrected chi connectivity index (χ4v) is 6.11. The molecule has 2 aromatic heterocycles. The lowest BCUT2D eigenvalue weighted by Gasteiger charge is -2.29. The normalized spacial score (nSPS) is 15.8. The van der Waals surface area contributed by atoms with Crippen LogP contribution in [0.1, 0.15) is 29.8 Å². The Morgan fingerprint density at radius 2 is 1.88 bits per heavy atom. The molecule has 1 amide bonds. The molecule has 32 heavy (non-hydrogen) atoms. The maximum atomic E-state index is 12.8. The second kappa shape index (κ2) is 8.76. The highest BCUT2D eigenvalue weighted by molar-refractivity contribution is 7.89. The Labute approximate surface area is 192 Å². The zero-order chi connectivity index (χ0) is 23.0. The Balaban J connectivity index is 1.37. The average Bonchev–Trinajstić information content (AvgIpc) is 3.35. The summed E-state index contributed by atoms with van der Waals surface area (Å²) in [5.41, 5.74) is 4.23. The van der Waals surface area contributed by atoms with E-state index in [2.05, 4.69) is 28.3 Å². The van der Waals surface area contributed by atoms with Gasteiger partial charge in [0.25, 0.3) is 10.0 Å². The highest BCUT2D eigenvalue weighted by atomic mass is 32.2. The maximum Gasteiger partial charge on any atom is 0.262 e. The maximum absolute atomic E-state index is 12.8. The Kier molecular flexibility index (Phi) is 6.19. The van der Waals surface area contributed by atoms with Crippen molar-refractivity contribution in [1.29, 1.82) is 0 Å². The molecule has 0 radical (unpaired) electrons. The van der Waals surface area contributed by atoms with Crippen LogP contribution in [0.4, 0.5) is 5.13 Å². The Morgan fingerprint density at radius 1 is 1.16 bits per heavy atom. The standard InChI is InChI=1S/C22H27N5O3S2/c1-14-5-6-18(15(2)11-14)19-13-31-22(24-19)25-21(28)17-7-9-27(10-8-17)32(29,30)20-12-26(4)16(3)23-20/h5-6,11-13,17H,7-10H2,1-4H3,(H,24,25,28). The number of hydrogen-bond acceptors (Lipinski definition) is 6. The van der Waals surface area contributed by atoms with Gasteiger partial charge in [0, 0.05) is 43.2 Å². The number of carbonyl (C=O) groups is 1. The van der Waals surface area contributed by atoms with E-state index < -0.39 is 10.0 Å². The molecule has 3 heterocycles. The van der Waals surface area contributed by atoms with Crippen LogP contribution in [0.3, 0.4) is 0 Å². The highest BCUT2D eigenvalue weighted by Gasteiger charge is 2.33. The van der Waals surface area contributed by atoms with Gasteiger partial charge in [-0.3, -0.25) is 4.79 Å². The number of sulfonamides is 1. The fraction of sp³-hybridized carbons (Fsp3) is 0.409. The third kappa shape index (κ3) is 4.48. The quantitative estimate of drug-likeness (QED) is 0.612. The van der Waals surface area contributed by atoms with Crippen molar-refractivity contribution in [3.8, 4) is 11.3 Å². The predicted molar refractivity (Wildman–Crippen MR) is 125 cm³/mol. The lowest BCUT2D eigenvalue weighted by Crippen LogP contribution is -2.41. The van der Waals surface area contributed by atoms with Crippen LogP contribution in [0, 0.1) is 26.7 Å². The lowest BCUT2D eigenvalue weighted by molar-refractivity contribution is -0.120. The smallest absolute Gasteiger partial charge is 0.262 e. The van der Waals surface area contributed by atoms with Crippen LogP contribution in [0.15, 0.2) is 34.8 Å². The first-order valence-electron chi connectivity index (χ1n) is 10.5. The van der Waals surface area contributed by atoms with Crippen molar-refractivity contribution in [1.82, 2.24) is 18.8 Å². The van der Waals surface area contributed by atoms with Crippen LogP contribution in [-0.4, -0.2) is 46.3 Å². The molecule has 8 nitrogen and oxygen atoms in total. The van der Waals surface area contributed by atoms with Gasteiger partial charge >= 0.3 is 0 Å². The van der Waals surface area contributed by atoms with Crippen molar-refractivity contribution in [2.45, 2.75) is 38.6 Å². The van der Waals surface area contributed by atoms with Crippen LogP contribution in [0.2, 0.25) is 0 Å². The fourth-order valence-electron chi connectivity index (χ4n) is 3.90. The molecular formula is C22H27N5O3S2. The van der Waals surface area contributed by atoms with Crippen LogP contribution >= 0.6 is 11.3 Å². The van der Waals surface area contributed by atoms with Gasteiger partial charge in [0.05, 0.1) is 5.69 Å². The summed E-state index contributed by atoms with van der Waals surface area (Å²) in [5.74, 6) is 0.277. The number of benzene rings is 1. The molecule has 10 heteroatoms. The van der Waals surface area contributed by atoms with Crippen LogP contribution in [0.25, 0.3) is 11.3 Å². The van der Waals surface area contributed by atoms with Gasteiger partial charge in [0.2, 0.25) is 5.91 Å². The van der Waals surface area contributed by atoms with Crippen molar-refractivity contribution in [3.05, 3.63) is 46.7 Å². The monoisotopic (exact) mass is 473 g/mol. The van der Waals surface area contributed by atoms with E-state index in [-0.39, 0.29) is 16.9 Å². The van der Waals surface area contributed by atoms with E-state index in [4.69, 9.17) is 0 Å². The van der Waals surface area contributed by atoms with E-state index in [1.165, 1.54) is 27.4 Å². The van der Waals surface area contributed by atoms with E-state index in [9.17, 15) is 13.2 Å². The molecule has 0 aliphatic carbocycles. The first kappa shape index (κ1) is 22.6. The average molecular weight is 474 g/mol. The van der Waals surface area contributed by atoms with Crippen molar-refractivity contribution in [2.75, 3.05) is 18.4 Å². The van der Waals surface area contributed by atoms with E-state index >= 15 is 0 Å². The predicted octanol–water partition coefficient (Wildman–Crippen LogP) is 3.51. The van der Waals surface area contributed by atoms with Gasteiger partial charge < -0.3 is 9.88 Å². The zero-order valence-corrected chi connectivity index (χ0v) is 20.3. The third-order valence-corrected chi connectivity index (χ3v) is 8.44. The minimum absolute atomic E-state index is 0.0575. The number of piperidine rings is 1. The van der Waals surface area contributed by atoms with E-state index in [0.717, 1.165) is 16.8 Å². The molecule has 0 atom stereocenters. The number of hydrogen-bond donors (Lipinski definition) is 1. The number of aromatic nitrogens is 3. The molecule has 0 unspecified atom stereocenters. The summed E-state index contributed by atoms with van der Waals surface area (Å²) in [6.45, 7) is 6.45. The molecule has 3 aromatic rings. The van der Waals surface area contributed by atoms with Gasteiger partial charge in [-0.25, -0.2) is 18.4 Å². The molecule has 4 rings (SSSR count). The molecule has 1 saturated heterocycles. The number of rotatable bonds is 5. The summed E-state index contributed by atoms with van der Waals surface area (Å²) in [4.78, 5) is 21.5. The number of nitrogens with one attached hydrogen (secondary N) is 1. The summed E-state index contributed by atoms with van der Waals surface area (Å²) >= 11 is 1.40. The van der Waals surface area contributed by atoms with E-state index in [1.54, 1.807) is 18.5 Å². The van der Waals surface area contributed by atoms with Crippen LogP contribution in [0.5, 0.6) is 0 Å². The minimum Gasteiger partial charge on any atom is -0.337 e.